The Morgan fingerprint density at radius 2 is 1.61 bits per heavy atom. The first-order chi connectivity index (χ1) is 21.5. The molecule has 224 valence electrons. The molecule has 44 heavy (non-hydrogen) atoms. The van der Waals surface area contributed by atoms with E-state index in [1.165, 1.54) is 16.2 Å². The van der Waals surface area contributed by atoms with E-state index in [0.29, 0.717) is 29.5 Å². The number of benzene rings is 3. The number of ether oxygens (including phenoxy) is 3. The number of methoxy groups -OCH3 is 2. The van der Waals surface area contributed by atoms with E-state index in [-0.39, 0.29) is 57.4 Å². The van der Waals surface area contributed by atoms with Crippen molar-refractivity contribution in [2.24, 2.45) is 29.6 Å². The lowest BCUT2D eigenvalue weighted by atomic mass is 9.68. The molecule has 2 bridgehead atoms. The Kier molecular flexibility index (Phi) is 6.60. The molecule has 7 atom stereocenters. The maximum absolute atomic E-state index is 14.0. The zero-order chi connectivity index (χ0) is 30.1. The van der Waals surface area contributed by atoms with Gasteiger partial charge in [-0.3, -0.25) is 19.3 Å². The van der Waals surface area contributed by atoms with Crippen LogP contribution in [0.4, 0.5) is 5.69 Å². The Morgan fingerprint density at radius 3 is 2.34 bits per heavy atom. The molecule has 8 nitrogen and oxygen atoms in total. The fourth-order valence-electron chi connectivity index (χ4n) is 8.11. The number of nitrogens with one attached hydrogen (secondary N) is 1. The van der Waals surface area contributed by atoms with Crippen molar-refractivity contribution >= 4 is 40.6 Å². The van der Waals surface area contributed by atoms with Crippen LogP contribution in [-0.2, 0) is 16.2 Å². The average molecular weight is 627 g/mol. The molecule has 4 aromatic rings. The lowest BCUT2D eigenvalue weighted by Gasteiger charge is -2.43. The molecule has 1 aromatic heterocycles. The first-order valence-electron chi connectivity index (χ1n) is 14.7. The maximum atomic E-state index is 14.0. The van der Waals surface area contributed by atoms with E-state index in [4.69, 9.17) is 14.2 Å². The zero-order valence-electron chi connectivity index (χ0n) is 24.1. The number of thioether (sulfide) groups is 1. The highest BCUT2D eigenvalue weighted by atomic mass is 32.2. The number of anilines is 1. The molecule has 8 rings (SSSR count). The normalized spacial score (nSPS) is 28.0. The largest absolute Gasteiger partial charge is 0.497 e. The number of aromatic amines is 1. The Hall–Kier alpha value is -4.02. The number of imide groups is 1. The summed E-state index contributed by atoms with van der Waals surface area (Å²) in [7, 11) is 3.22. The van der Waals surface area contributed by atoms with Crippen LogP contribution in [0, 0.1) is 29.6 Å². The summed E-state index contributed by atoms with van der Waals surface area (Å²) in [5.74, 6) is 1.06. The SMILES string of the molecule is COc1ccc(N2C(=O)C3C4CC(C3C2=O)C2C4Sc3[nH]c(=O)sc3[C@@H]2c2ccc(OCc3ccccc3)c(OC)c2)cc1. The number of amides is 2. The van der Waals surface area contributed by atoms with Crippen LogP contribution >= 0.6 is 23.1 Å². The van der Waals surface area contributed by atoms with E-state index in [1.54, 1.807) is 50.2 Å². The highest BCUT2D eigenvalue weighted by molar-refractivity contribution is 8.00. The summed E-state index contributed by atoms with van der Waals surface area (Å²) in [6, 6.07) is 23.1. The maximum Gasteiger partial charge on any atom is 0.305 e. The Morgan fingerprint density at radius 1 is 0.864 bits per heavy atom. The van der Waals surface area contributed by atoms with E-state index >= 15 is 0 Å². The van der Waals surface area contributed by atoms with Gasteiger partial charge in [0.05, 0.1) is 36.8 Å². The van der Waals surface area contributed by atoms with Crippen LogP contribution in [0.5, 0.6) is 17.2 Å². The predicted octanol–water partition coefficient (Wildman–Crippen LogP) is 5.71. The van der Waals surface area contributed by atoms with Gasteiger partial charge >= 0.3 is 4.87 Å². The standard InChI is InChI=1S/C34H30N2O6S2/c1-40-20-11-9-19(10-12-20)36-32(37)27-21-15-22(28(27)33(36)38)29-26(21)25(30-31(43-29)35-34(39)44-30)18-8-13-23(24(14-18)41-2)42-16-17-6-4-3-5-7-17/h3-14,21-22,25-29H,15-16H2,1-2H3,(H,35,39)/t21?,22?,25-,26?,27?,28?,29?/m1/s1. The lowest BCUT2D eigenvalue weighted by molar-refractivity contribution is -0.123. The first-order valence-corrected chi connectivity index (χ1v) is 16.4. The fourth-order valence-corrected chi connectivity index (χ4v) is 11.0. The summed E-state index contributed by atoms with van der Waals surface area (Å²) in [6.07, 6.45) is 0.830. The molecule has 3 heterocycles. The monoisotopic (exact) mass is 626 g/mol. The van der Waals surface area contributed by atoms with Crippen molar-refractivity contribution in [1.82, 2.24) is 4.98 Å². The summed E-state index contributed by atoms with van der Waals surface area (Å²) in [5.41, 5.74) is 2.66. The van der Waals surface area contributed by atoms with Crippen molar-refractivity contribution in [2.45, 2.75) is 29.2 Å². The van der Waals surface area contributed by atoms with Crippen LogP contribution in [0.2, 0.25) is 0 Å². The first kappa shape index (κ1) is 27.5. The van der Waals surface area contributed by atoms with Crippen molar-refractivity contribution in [3.8, 4) is 17.2 Å². The fraction of sp³-hybridized carbons (Fsp3) is 0.324. The highest BCUT2D eigenvalue weighted by Gasteiger charge is 2.69. The second-order valence-electron chi connectivity index (χ2n) is 11.9. The number of hydrogen-bond donors (Lipinski definition) is 1. The summed E-state index contributed by atoms with van der Waals surface area (Å²) in [5, 5.41) is 0.985. The third-order valence-electron chi connectivity index (χ3n) is 9.84. The van der Waals surface area contributed by atoms with Gasteiger partial charge in [-0.05, 0) is 71.7 Å². The predicted molar refractivity (Wildman–Crippen MR) is 168 cm³/mol. The molecular weight excluding hydrogens is 597 g/mol. The molecule has 0 radical (unpaired) electrons. The van der Waals surface area contributed by atoms with E-state index < -0.39 is 0 Å². The van der Waals surface area contributed by atoms with E-state index in [2.05, 4.69) is 11.1 Å². The molecule has 2 aliphatic carbocycles. The lowest BCUT2D eigenvalue weighted by Crippen LogP contribution is -2.42. The molecule has 3 aromatic carbocycles. The number of thiazole rings is 1. The van der Waals surface area contributed by atoms with E-state index in [1.807, 2.05) is 42.5 Å². The van der Waals surface area contributed by atoms with Gasteiger partial charge in [-0.25, -0.2) is 0 Å². The molecule has 4 aliphatic rings. The number of rotatable bonds is 7. The smallest absolute Gasteiger partial charge is 0.305 e. The van der Waals surface area contributed by atoms with Gasteiger partial charge in [-0.1, -0.05) is 47.7 Å². The number of hydrogen-bond acceptors (Lipinski definition) is 8. The molecule has 2 amide bonds. The molecule has 1 N–H and O–H groups in total. The van der Waals surface area contributed by atoms with Gasteiger partial charge in [0, 0.05) is 16.0 Å². The third-order valence-corrected chi connectivity index (χ3v) is 12.4. The van der Waals surface area contributed by atoms with Gasteiger partial charge in [0.2, 0.25) is 11.8 Å². The summed E-state index contributed by atoms with van der Waals surface area (Å²) in [6.45, 7) is 0.415. The quantitative estimate of drug-likeness (QED) is 0.263. The van der Waals surface area contributed by atoms with Gasteiger partial charge in [-0.15, -0.1) is 11.8 Å². The van der Waals surface area contributed by atoms with Gasteiger partial charge in [0.25, 0.3) is 0 Å². The third kappa shape index (κ3) is 4.14. The zero-order valence-corrected chi connectivity index (χ0v) is 25.7. The van der Waals surface area contributed by atoms with Crippen molar-refractivity contribution in [1.29, 1.82) is 0 Å². The highest BCUT2D eigenvalue weighted by Crippen LogP contribution is 2.68. The number of H-pyrrole nitrogens is 1. The minimum absolute atomic E-state index is 0.0255. The number of aromatic nitrogens is 1. The number of nitrogens with zero attached hydrogens (tertiary/aromatic N) is 1. The molecule has 10 heteroatoms. The summed E-state index contributed by atoms with van der Waals surface area (Å²) in [4.78, 5) is 45.9. The average Bonchev–Trinajstić information content (AvgIpc) is 3.79. The van der Waals surface area contributed by atoms with Crippen molar-refractivity contribution < 1.29 is 23.8 Å². The van der Waals surface area contributed by atoms with E-state index in [9.17, 15) is 14.4 Å². The van der Waals surface area contributed by atoms with Gasteiger partial charge in [-0.2, -0.15) is 0 Å². The van der Waals surface area contributed by atoms with Crippen LogP contribution in [0.1, 0.15) is 28.3 Å². The molecular formula is C34H30N2O6S2. The summed E-state index contributed by atoms with van der Waals surface area (Å²) >= 11 is 2.93. The summed E-state index contributed by atoms with van der Waals surface area (Å²) < 4.78 is 17.2. The molecule has 3 fully saturated rings. The number of fused-ring (bicyclic) bond motifs is 9. The molecule has 2 saturated carbocycles. The Labute approximate surface area is 262 Å². The van der Waals surface area contributed by atoms with Crippen LogP contribution in [0.3, 0.4) is 0 Å². The molecule has 0 spiro atoms. The molecule has 6 unspecified atom stereocenters. The topological polar surface area (TPSA) is 97.9 Å². The van der Waals surface area contributed by atoms with Gasteiger partial charge < -0.3 is 19.2 Å². The van der Waals surface area contributed by atoms with Crippen molar-refractivity contribution in [3.05, 3.63) is 98.5 Å². The van der Waals surface area contributed by atoms with Gasteiger partial charge in [0.15, 0.2) is 11.5 Å². The Balaban J connectivity index is 1.15. The second kappa shape index (κ2) is 10.6. The molecule has 2 aliphatic heterocycles. The van der Waals surface area contributed by atoms with E-state index in [0.717, 1.165) is 27.5 Å². The van der Waals surface area contributed by atoms with Crippen LogP contribution in [0.25, 0.3) is 0 Å². The van der Waals surface area contributed by atoms with Crippen molar-refractivity contribution in [3.63, 3.8) is 0 Å². The number of carbonyl (C=O) groups is 2. The van der Waals surface area contributed by atoms with Gasteiger partial charge in [0.1, 0.15) is 12.4 Å². The van der Waals surface area contributed by atoms with Crippen molar-refractivity contribution in [2.75, 3.05) is 19.1 Å². The minimum Gasteiger partial charge on any atom is -0.497 e. The van der Waals surface area contributed by atoms with Crippen LogP contribution in [-0.4, -0.2) is 36.3 Å². The minimum atomic E-state index is -0.369. The van der Waals surface area contributed by atoms with Crippen LogP contribution in [0.15, 0.2) is 82.6 Å². The number of carbonyl (C=O) groups excluding carboxylic acids is 2. The van der Waals surface area contributed by atoms with Crippen LogP contribution < -0.4 is 24.0 Å². The Bertz CT molecular complexity index is 1820. The second-order valence-corrected chi connectivity index (χ2v) is 14.1. The molecule has 1 saturated heterocycles.